The Labute approximate surface area is 193 Å². The van der Waals surface area contributed by atoms with Gasteiger partial charge in [0.15, 0.2) is 5.78 Å². The molecule has 1 heterocycles. The zero-order valence-corrected chi connectivity index (χ0v) is 18.6. The summed E-state index contributed by atoms with van der Waals surface area (Å²) in [6, 6.07) is 8.57. The smallest absolute Gasteiger partial charge is 0.317 e. The number of benzene rings is 2. The van der Waals surface area contributed by atoms with Crippen molar-refractivity contribution in [2.24, 2.45) is 5.92 Å². The van der Waals surface area contributed by atoms with Crippen molar-refractivity contribution >= 4 is 11.8 Å². The van der Waals surface area contributed by atoms with Crippen molar-refractivity contribution in [3.63, 3.8) is 0 Å². The topological polar surface area (TPSA) is 65.5 Å². The first kappa shape index (κ1) is 24.9. The molecule has 0 radical (unpaired) electrons. The van der Waals surface area contributed by atoms with Crippen LogP contribution in [0, 0.1) is 29.2 Å². The Kier molecular flexibility index (Phi) is 7.34. The molecule has 34 heavy (non-hydrogen) atoms. The van der Waals surface area contributed by atoms with Gasteiger partial charge in [0.05, 0.1) is 5.56 Å². The lowest BCUT2D eigenvalue weighted by Gasteiger charge is -2.24. The maximum Gasteiger partial charge on any atom is 0.317 e. The fourth-order valence-corrected chi connectivity index (χ4v) is 3.09. The molecule has 0 bridgehead atoms. The first-order chi connectivity index (χ1) is 15.9. The van der Waals surface area contributed by atoms with Gasteiger partial charge in [0.25, 0.3) is 0 Å². The third kappa shape index (κ3) is 6.18. The first-order valence-corrected chi connectivity index (χ1v) is 10.2. The molecule has 2 aromatic carbocycles. The summed E-state index contributed by atoms with van der Waals surface area (Å²) in [4.78, 5) is 30.3. The molecule has 5 nitrogen and oxygen atoms in total. The molecule has 0 fully saturated rings. The van der Waals surface area contributed by atoms with E-state index >= 15 is 0 Å². The molecule has 0 saturated heterocycles. The van der Waals surface area contributed by atoms with Crippen molar-refractivity contribution in [3.8, 4) is 11.6 Å². The van der Waals surface area contributed by atoms with Crippen LogP contribution in [0.5, 0.6) is 11.6 Å². The molecule has 0 aliphatic rings. The van der Waals surface area contributed by atoms with Crippen molar-refractivity contribution in [3.05, 3.63) is 89.1 Å². The number of esters is 1. The van der Waals surface area contributed by atoms with Gasteiger partial charge in [-0.1, -0.05) is 0 Å². The minimum Gasteiger partial charge on any atom is -0.459 e. The molecular formula is C25H21F4NO4. The summed E-state index contributed by atoms with van der Waals surface area (Å²) >= 11 is 0. The van der Waals surface area contributed by atoms with E-state index in [1.54, 1.807) is 20.8 Å². The number of hydrogen-bond donors (Lipinski definition) is 0. The van der Waals surface area contributed by atoms with Crippen molar-refractivity contribution < 1.29 is 36.6 Å². The maximum absolute atomic E-state index is 14.3. The second kappa shape index (κ2) is 10.0. The number of ether oxygens (including phenoxy) is 2. The molecule has 0 saturated carbocycles. The highest BCUT2D eigenvalue weighted by atomic mass is 19.1. The average molecular weight is 475 g/mol. The molecule has 3 rings (SSSR count). The standard InChI is InChI=1S/C25H21F4NO4/c1-25(2,3)34-24(32)19(13-18-20(28)11-15(27)12-21(18)29)22(31)17-5-4-10-30-23(17)33-16-8-6-14(26)7-9-16/h4-12,19H,13H2,1-3H3. The number of Topliss-reactive ketones (excluding diaryl/α,β-unsaturated/α-hetero) is 1. The Morgan fingerprint density at radius 3 is 2.15 bits per heavy atom. The summed E-state index contributed by atoms with van der Waals surface area (Å²) in [5, 5.41) is 0. The molecule has 178 valence electrons. The third-order valence-corrected chi connectivity index (χ3v) is 4.59. The Hall–Kier alpha value is -3.75. The fraction of sp³-hybridized carbons (Fsp3) is 0.240. The van der Waals surface area contributed by atoms with Gasteiger partial charge in [-0.25, -0.2) is 22.5 Å². The van der Waals surface area contributed by atoms with Gasteiger partial charge in [-0.3, -0.25) is 9.59 Å². The monoisotopic (exact) mass is 475 g/mol. The summed E-state index contributed by atoms with van der Waals surface area (Å²) in [5.74, 6) is -7.75. The van der Waals surface area contributed by atoms with Gasteiger partial charge in [0.2, 0.25) is 5.88 Å². The number of pyridine rings is 1. The van der Waals surface area contributed by atoms with E-state index in [1.165, 1.54) is 30.5 Å². The van der Waals surface area contributed by atoms with Crippen LogP contribution >= 0.6 is 0 Å². The van der Waals surface area contributed by atoms with Crippen molar-refractivity contribution in [2.45, 2.75) is 32.8 Å². The van der Waals surface area contributed by atoms with Crippen LogP contribution < -0.4 is 4.74 Å². The quantitative estimate of drug-likeness (QED) is 0.187. The third-order valence-electron chi connectivity index (χ3n) is 4.59. The second-order valence-electron chi connectivity index (χ2n) is 8.41. The molecule has 9 heteroatoms. The maximum atomic E-state index is 14.3. The molecule has 0 aliphatic heterocycles. The molecule has 0 amide bonds. The zero-order valence-electron chi connectivity index (χ0n) is 18.6. The number of carbonyl (C=O) groups excluding carboxylic acids is 2. The second-order valence-corrected chi connectivity index (χ2v) is 8.41. The van der Waals surface area contributed by atoms with Crippen molar-refractivity contribution in [2.75, 3.05) is 0 Å². The summed E-state index contributed by atoms with van der Waals surface area (Å²) in [5.41, 5.74) is -1.81. The SMILES string of the molecule is CC(C)(C)OC(=O)C(Cc1c(F)cc(F)cc1F)C(=O)c1cccnc1Oc1ccc(F)cc1. The van der Waals surface area contributed by atoms with Crippen molar-refractivity contribution in [1.82, 2.24) is 4.98 Å². The van der Waals surface area contributed by atoms with Crippen LogP contribution in [-0.2, 0) is 16.0 Å². The van der Waals surface area contributed by atoms with E-state index in [0.717, 1.165) is 12.1 Å². The summed E-state index contributed by atoms with van der Waals surface area (Å²) < 4.78 is 66.1. The van der Waals surface area contributed by atoms with E-state index in [2.05, 4.69) is 4.98 Å². The Morgan fingerprint density at radius 1 is 0.941 bits per heavy atom. The van der Waals surface area contributed by atoms with Crippen LogP contribution in [0.15, 0.2) is 54.7 Å². The number of hydrogen-bond acceptors (Lipinski definition) is 5. The van der Waals surface area contributed by atoms with Gasteiger partial charge in [-0.2, -0.15) is 0 Å². The predicted molar refractivity (Wildman–Crippen MR) is 114 cm³/mol. The molecule has 0 aliphatic carbocycles. The Morgan fingerprint density at radius 2 is 1.56 bits per heavy atom. The number of rotatable bonds is 7. The minimum atomic E-state index is -1.69. The van der Waals surface area contributed by atoms with E-state index in [4.69, 9.17) is 9.47 Å². The van der Waals surface area contributed by atoms with Gasteiger partial charge >= 0.3 is 5.97 Å². The molecular weight excluding hydrogens is 454 g/mol. The Balaban J connectivity index is 2.00. The van der Waals surface area contributed by atoms with E-state index in [1.807, 2.05) is 0 Å². The van der Waals surface area contributed by atoms with Gasteiger partial charge in [0.1, 0.15) is 40.5 Å². The normalized spacial score (nSPS) is 12.2. The minimum absolute atomic E-state index is 0.161. The highest BCUT2D eigenvalue weighted by Gasteiger charge is 2.35. The summed E-state index contributed by atoms with van der Waals surface area (Å²) in [7, 11) is 0. The predicted octanol–water partition coefficient (Wildman–Crippen LogP) is 5.81. The Bertz CT molecular complexity index is 1180. The highest BCUT2D eigenvalue weighted by Crippen LogP contribution is 2.29. The number of carbonyl (C=O) groups is 2. The zero-order chi connectivity index (χ0) is 25.0. The average Bonchev–Trinajstić information content (AvgIpc) is 2.73. The van der Waals surface area contributed by atoms with Gasteiger partial charge in [-0.05, 0) is 63.6 Å². The van der Waals surface area contributed by atoms with E-state index in [-0.39, 0.29) is 17.2 Å². The van der Waals surface area contributed by atoms with E-state index < -0.39 is 58.5 Å². The molecule has 1 unspecified atom stereocenters. The van der Waals surface area contributed by atoms with Crippen LogP contribution in [0.3, 0.4) is 0 Å². The molecule has 0 N–H and O–H groups in total. The van der Waals surface area contributed by atoms with Gasteiger partial charge in [0, 0.05) is 23.9 Å². The van der Waals surface area contributed by atoms with Gasteiger partial charge in [-0.15, -0.1) is 0 Å². The van der Waals surface area contributed by atoms with Gasteiger partial charge < -0.3 is 9.47 Å². The molecule has 3 aromatic rings. The molecule has 0 spiro atoms. The summed E-state index contributed by atoms with van der Waals surface area (Å²) in [6.45, 7) is 4.70. The number of aromatic nitrogens is 1. The van der Waals surface area contributed by atoms with Crippen LogP contribution in [-0.4, -0.2) is 22.3 Å². The lowest BCUT2D eigenvalue weighted by molar-refractivity contribution is -0.158. The molecule has 1 aromatic heterocycles. The molecule has 1 atom stereocenters. The number of ketones is 1. The lowest BCUT2D eigenvalue weighted by atomic mass is 9.90. The number of halogens is 4. The van der Waals surface area contributed by atoms with Crippen LogP contribution in [0.1, 0.15) is 36.7 Å². The lowest BCUT2D eigenvalue weighted by Crippen LogP contribution is -2.34. The van der Waals surface area contributed by atoms with Crippen LogP contribution in [0.4, 0.5) is 17.6 Å². The summed E-state index contributed by atoms with van der Waals surface area (Å²) in [6.07, 6.45) is 0.605. The largest absolute Gasteiger partial charge is 0.459 e. The number of nitrogens with zero attached hydrogens (tertiary/aromatic N) is 1. The van der Waals surface area contributed by atoms with E-state index in [9.17, 15) is 27.2 Å². The van der Waals surface area contributed by atoms with Crippen LogP contribution in [0.2, 0.25) is 0 Å². The van der Waals surface area contributed by atoms with Crippen molar-refractivity contribution in [1.29, 1.82) is 0 Å². The van der Waals surface area contributed by atoms with Crippen LogP contribution in [0.25, 0.3) is 0 Å². The van der Waals surface area contributed by atoms with E-state index in [0.29, 0.717) is 12.1 Å². The highest BCUT2D eigenvalue weighted by molar-refractivity contribution is 6.10. The fourth-order valence-electron chi connectivity index (χ4n) is 3.09. The first-order valence-electron chi connectivity index (χ1n) is 10.2.